The zero-order chi connectivity index (χ0) is 27.2. The minimum Gasteiger partial charge on any atom is -1.00 e. The average molecular weight is 682 g/mol. The van der Waals surface area contributed by atoms with Gasteiger partial charge < -0.3 is 24.8 Å². The van der Waals surface area contributed by atoms with Gasteiger partial charge in [0.1, 0.15) is 0 Å². The summed E-state index contributed by atoms with van der Waals surface area (Å²) >= 11 is 0. The fraction of sp³-hybridized carbons (Fsp3) is 0.0244. The summed E-state index contributed by atoms with van der Waals surface area (Å²) in [6, 6.07) is 52.5. The van der Waals surface area contributed by atoms with Crippen LogP contribution in [-0.4, -0.2) is 0 Å². The number of benzene rings is 6. The smallest absolute Gasteiger partial charge is 1.00 e. The summed E-state index contributed by atoms with van der Waals surface area (Å²) in [6.07, 6.45) is 8.54. The van der Waals surface area contributed by atoms with Crippen LogP contribution in [0, 0.1) is 10.4 Å². The van der Waals surface area contributed by atoms with Crippen molar-refractivity contribution in [1.29, 1.82) is 0 Å². The fourth-order valence-corrected chi connectivity index (χ4v) is 6.54. The first kappa shape index (κ1) is 31.7. The van der Waals surface area contributed by atoms with Crippen molar-refractivity contribution < 1.29 is 51.0 Å². The van der Waals surface area contributed by atoms with Gasteiger partial charge in [-0.25, -0.2) is 0 Å². The van der Waals surface area contributed by atoms with Gasteiger partial charge in [-0.2, -0.15) is 0 Å². The van der Waals surface area contributed by atoms with Gasteiger partial charge >= 0.3 is 26.2 Å². The quantitative estimate of drug-likeness (QED) is 0.250. The Hall–Kier alpha value is -3.74. The van der Waals surface area contributed by atoms with Gasteiger partial charge in [0.05, 0.1) is 0 Å². The molecule has 3 heteroatoms. The van der Waals surface area contributed by atoms with Gasteiger partial charge in [0.15, 0.2) is 0 Å². The first-order valence-electron chi connectivity index (χ1n) is 14.2. The van der Waals surface area contributed by atoms with Crippen molar-refractivity contribution in [3.63, 3.8) is 0 Å². The molecule has 6 aromatic carbocycles. The van der Waals surface area contributed by atoms with Gasteiger partial charge in [-0.1, -0.05) is 151 Å². The molecule has 1 atom stereocenters. The first-order chi connectivity index (χ1) is 20.3. The molecule has 0 aliphatic heterocycles. The maximum absolute atomic E-state index is 3.84. The van der Waals surface area contributed by atoms with Crippen LogP contribution in [-0.2, 0) is 26.2 Å². The minimum atomic E-state index is 0. The molecule has 44 heavy (non-hydrogen) atoms. The Balaban J connectivity index is 0.00000128. The van der Waals surface area contributed by atoms with Crippen molar-refractivity contribution in [2.75, 3.05) is 0 Å². The molecular weight excluding hydrogens is 655 g/mol. The predicted molar refractivity (Wildman–Crippen MR) is 170 cm³/mol. The molecule has 209 valence electrons. The van der Waals surface area contributed by atoms with Gasteiger partial charge in [-0.05, 0) is 50.2 Å². The second-order valence-corrected chi connectivity index (χ2v) is 10.8. The minimum absolute atomic E-state index is 0. The number of halogens is 2. The Morgan fingerprint density at radius 3 is 1.84 bits per heavy atom. The number of fused-ring (bicyclic) bond motifs is 3. The van der Waals surface area contributed by atoms with Crippen LogP contribution in [0.2, 0.25) is 0 Å². The molecule has 0 saturated carbocycles. The molecule has 2 aliphatic carbocycles. The topological polar surface area (TPSA) is 0 Å². The van der Waals surface area contributed by atoms with Crippen LogP contribution in [0.25, 0.3) is 28.9 Å². The Bertz CT molecular complexity index is 2150. The van der Waals surface area contributed by atoms with E-state index in [1.807, 2.05) is 0 Å². The monoisotopic (exact) mass is 679 g/mol. The Labute approximate surface area is 289 Å². The van der Waals surface area contributed by atoms with Gasteiger partial charge in [-0.15, -0.1) is 33.4 Å². The number of hydrogen-bond donors (Lipinski definition) is 0. The predicted octanol–water partition coefficient (Wildman–Crippen LogP) is 2.07. The Kier molecular flexibility index (Phi) is 9.72. The largest absolute Gasteiger partial charge is 3.00 e. The van der Waals surface area contributed by atoms with E-state index in [2.05, 4.69) is 164 Å². The van der Waals surface area contributed by atoms with E-state index in [0.29, 0.717) is 0 Å². The molecule has 0 spiro atoms. The van der Waals surface area contributed by atoms with E-state index in [1.165, 1.54) is 71.0 Å². The van der Waals surface area contributed by atoms with Crippen LogP contribution in [0.3, 0.4) is 0 Å². The van der Waals surface area contributed by atoms with Crippen LogP contribution >= 0.6 is 0 Å². The molecular formula is C41H27Cl2Zr. The van der Waals surface area contributed by atoms with E-state index >= 15 is 0 Å². The molecule has 6 aromatic rings. The summed E-state index contributed by atoms with van der Waals surface area (Å²) in [5, 5.41) is 4.96. The molecule has 0 amide bonds. The summed E-state index contributed by atoms with van der Waals surface area (Å²) < 4.78 is 0. The van der Waals surface area contributed by atoms with Gasteiger partial charge in [0.25, 0.3) is 0 Å². The van der Waals surface area contributed by atoms with Crippen LogP contribution in [0.5, 0.6) is 0 Å². The fourth-order valence-electron chi connectivity index (χ4n) is 6.54. The zero-order valence-electron chi connectivity index (χ0n) is 23.8. The maximum Gasteiger partial charge on any atom is 3.00 e. The van der Waals surface area contributed by atoms with Crippen molar-refractivity contribution >= 4 is 17.7 Å². The standard InChI is InChI=1S/C41H27.2ClH.Zr/c1-4-12-28(13-5-1)31-20-22-35-33(26-31)21-23-37(35)41-38(25-24-36-34-19-11-10-18-32(34)27-39(36)41)40(29-14-6-2-7-15-29)30-16-8-3-9-17-30;;;/h1-26,37H;2*1H;/q-1;;;+3/p-2. The van der Waals surface area contributed by atoms with Gasteiger partial charge in [0, 0.05) is 5.92 Å². The van der Waals surface area contributed by atoms with E-state index in [4.69, 9.17) is 0 Å². The zero-order valence-corrected chi connectivity index (χ0v) is 27.8. The van der Waals surface area contributed by atoms with Crippen molar-refractivity contribution in [2.24, 2.45) is 0 Å². The summed E-state index contributed by atoms with van der Waals surface area (Å²) in [5.41, 5.74) is 11.4. The third-order valence-electron chi connectivity index (χ3n) is 8.42. The van der Waals surface area contributed by atoms with Crippen LogP contribution in [0.15, 0.2) is 152 Å². The molecule has 8 rings (SSSR count). The molecule has 2 aliphatic rings. The van der Waals surface area contributed by atoms with Crippen molar-refractivity contribution in [2.45, 2.75) is 5.92 Å². The Morgan fingerprint density at radius 2 is 1.16 bits per heavy atom. The maximum atomic E-state index is 3.84. The molecule has 0 N–H and O–H groups in total. The second kappa shape index (κ2) is 13.5. The first-order valence-corrected chi connectivity index (χ1v) is 14.2. The SMILES string of the molecule is [C-]1=c2ccccc2=c2ccc(=C(c3ccccc3)c3ccccc3)c(C3C=Cc4cc(-c5ccccc5)ccc43)c21.[Cl-].[Cl-].[Zr+3]. The summed E-state index contributed by atoms with van der Waals surface area (Å²) in [7, 11) is 0. The van der Waals surface area contributed by atoms with Crippen molar-refractivity contribution in [3.05, 3.63) is 206 Å². The van der Waals surface area contributed by atoms with E-state index in [0.717, 1.165) is 0 Å². The van der Waals surface area contributed by atoms with E-state index in [9.17, 15) is 0 Å². The van der Waals surface area contributed by atoms with E-state index < -0.39 is 0 Å². The molecule has 0 bridgehead atoms. The molecule has 1 radical (unpaired) electrons. The summed E-state index contributed by atoms with van der Waals surface area (Å²) in [5.74, 6) is 0.129. The van der Waals surface area contributed by atoms with Crippen LogP contribution < -0.4 is 35.3 Å². The number of rotatable bonds is 4. The van der Waals surface area contributed by atoms with Gasteiger partial charge in [0.2, 0.25) is 0 Å². The van der Waals surface area contributed by atoms with E-state index in [1.54, 1.807) is 0 Å². The van der Waals surface area contributed by atoms with Crippen LogP contribution in [0.1, 0.15) is 39.3 Å². The number of allylic oxidation sites excluding steroid dienone is 1. The molecule has 0 saturated heterocycles. The number of hydrogen-bond acceptors (Lipinski definition) is 0. The van der Waals surface area contributed by atoms with Gasteiger partial charge in [-0.3, -0.25) is 0 Å². The summed E-state index contributed by atoms with van der Waals surface area (Å²) in [4.78, 5) is 0. The van der Waals surface area contributed by atoms with Crippen molar-refractivity contribution in [3.8, 4) is 11.1 Å². The Morgan fingerprint density at radius 1 is 0.545 bits per heavy atom. The van der Waals surface area contributed by atoms with Crippen LogP contribution in [0.4, 0.5) is 0 Å². The van der Waals surface area contributed by atoms with E-state index in [-0.39, 0.29) is 56.9 Å². The second-order valence-electron chi connectivity index (χ2n) is 10.8. The summed E-state index contributed by atoms with van der Waals surface area (Å²) in [6.45, 7) is 0. The molecule has 0 nitrogen and oxygen atoms in total. The normalized spacial score (nSPS) is 13.2. The third-order valence-corrected chi connectivity index (χ3v) is 8.42. The molecule has 1 unspecified atom stereocenters. The molecule has 0 heterocycles. The van der Waals surface area contributed by atoms with Crippen molar-refractivity contribution in [1.82, 2.24) is 0 Å². The molecule has 0 fully saturated rings. The third kappa shape index (κ3) is 5.50. The molecule has 0 aromatic heterocycles. The average Bonchev–Trinajstić information content (AvgIpc) is 3.64.